The van der Waals surface area contributed by atoms with Crippen molar-refractivity contribution in [3.05, 3.63) is 48.2 Å². The Morgan fingerprint density at radius 3 is 2.72 bits per heavy atom. The number of nitrogens with zero attached hydrogens (tertiary/aromatic N) is 2. The Morgan fingerprint density at radius 2 is 2.08 bits per heavy atom. The van der Waals surface area contributed by atoms with Crippen LogP contribution >= 0.6 is 0 Å². The lowest BCUT2D eigenvalue weighted by molar-refractivity contribution is -0.111. The van der Waals surface area contributed by atoms with Gasteiger partial charge in [-0.2, -0.15) is 5.10 Å². The molecule has 7 nitrogen and oxygen atoms in total. The van der Waals surface area contributed by atoms with Crippen molar-refractivity contribution in [2.75, 3.05) is 23.4 Å². The Hall–Kier alpha value is -3.09. The Bertz CT molecular complexity index is 836. The molecule has 128 valence electrons. The first-order chi connectivity index (χ1) is 12.1. The topological polar surface area (TPSA) is 87.3 Å². The number of aromatic amines is 1. The molecule has 0 bridgehead atoms. The maximum atomic E-state index is 12.4. The van der Waals surface area contributed by atoms with Gasteiger partial charge in [-0.15, -0.1) is 0 Å². The van der Waals surface area contributed by atoms with Crippen LogP contribution < -0.4 is 10.2 Å². The highest BCUT2D eigenvalue weighted by molar-refractivity contribution is 6.24. The molecule has 2 aliphatic rings. The molecule has 1 saturated carbocycles. The molecule has 25 heavy (non-hydrogen) atoms. The van der Waals surface area contributed by atoms with E-state index < -0.39 is 0 Å². The molecule has 2 amide bonds. The average molecular weight is 338 g/mol. The van der Waals surface area contributed by atoms with E-state index >= 15 is 0 Å². The Balaban J connectivity index is 1.42. The molecule has 0 radical (unpaired) electrons. The summed E-state index contributed by atoms with van der Waals surface area (Å²) in [5.74, 6) is 0.748. The standard InChI is InChI=1S/C18H18N4O3/c1-11(17(23)19-16-10-15(20-21-16)13-2-3-13)12-4-6-14(7-5-12)22-8-9-25-18(22)24/h4-7,10,13H,1-3,8-9H2,(H2,19,20,21,23). The second-order valence-corrected chi connectivity index (χ2v) is 6.23. The molecule has 2 aromatic rings. The normalized spacial score (nSPS) is 16.6. The minimum absolute atomic E-state index is 0.304. The molecular formula is C18H18N4O3. The molecule has 2 heterocycles. The van der Waals surface area contributed by atoms with Gasteiger partial charge < -0.3 is 10.1 Å². The molecule has 1 aliphatic heterocycles. The van der Waals surface area contributed by atoms with Gasteiger partial charge in [-0.1, -0.05) is 18.7 Å². The van der Waals surface area contributed by atoms with Crippen LogP contribution in [0.5, 0.6) is 0 Å². The van der Waals surface area contributed by atoms with Gasteiger partial charge in [-0.05, 0) is 30.5 Å². The van der Waals surface area contributed by atoms with E-state index in [9.17, 15) is 9.59 Å². The van der Waals surface area contributed by atoms with Crippen LogP contribution in [0, 0.1) is 0 Å². The molecule has 4 rings (SSSR count). The summed E-state index contributed by atoms with van der Waals surface area (Å²) in [5.41, 5.74) is 2.82. The number of aromatic nitrogens is 2. The van der Waals surface area contributed by atoms with Gasteiger partial charge in [0.05, 0.1) is 6.54 Å². The number of cyclic esters (lactones) is 1. The lowest BCUT2D eigenvalue weighted by Gasteiger charge is -2.13. The summed E-state index contributed by atoms with van der Waals surface area (Å²) >= 11 is 0. The summed E-state index contributed by atoms with van der Waals surface area (Å²) in [5, 5.41) is 9.82. The fourth-order valence-electron chi connectivity index (χ4n) is 2.80. The maximum Gasteiger partial charge on any atom is 0.414 e. The number of carbonyl (C=O) groups is 2. The SMILES string of the molecule is C=C(C(=O)Nc1cc(C2CC2)[nH]n1)c1ccc(N2CCOC2=O)cc1. The lowest BCUT2D eigenvalue weighted by atomic mass is 10.1. The first-order valence-corrected chi connectivity index (χ1v) is 8.22. The third-order valence-electron chi connectivity index (χ3n) is 4.42. The molecule has 0 spiro atoms. The highest BCUT2D eigenvalue weighted by Crippen LogP contribution is 2.39. The van der Waals surface area contributed by atoms with E-state index in [4.69, 9.17) is 4.74 Å². The largest absolute Gasteiger partial charge is 0.447 e. The fraction of sp³-hybridized carbons (Fsp3) is 0.278. The van der Waals surface area contributed by atoms with Gasteiger partial charge in [-0.25, -0.2) is 4.79 Å². The molecule has 2 fully saturated rings. The van der Waals surface area contributed by atoms with Crippen molar-refractivity contribution in [1.82, 2.24) is 10.2 Å². The fourth-order valence-corrected chi connectivity index (χ4v) is 2.80. The highest BCUT2D eigenvalue weighted by atomic mass is 16.6. The number of benzene rings is 1. The van der Waals surface area contributed by atoms with Crippen LogP contribution in [0.25, 0.3) is 5.57 Å². The predicted octanol–water partition coefficient (Wildman–Crippen LogP) is 2.90. The van der Waals surface area contributed by atoms with E-state index in [1.54, 1.807) is 29.2 Å². The summed E-state index contributed by atoms with van der Waals surface area (Å²) in [6.07, 6.45) is 1.98. The Labute approximate surface area is 144 Å². The van der Waals surface area contributed by atoms with Gasteiger partial charge in [0.25, 0.3) is 5.91 Å². The quantitative estimate of drug-likeness (QED) is 0.821. The molecule has 1 aromatic carbocycles. The number of amides is 2. The second kappa shape index (κ2) is 6.08. The minimum Gasteiger partial charge on any atom is -0.447 e. The number of nitrogens with one attached hydrogen (secondary N) is 2. The number of carbonyl (C=O) groups excluding carboxylic acids is 2. The number of anilines is 2. The zero-order valence-electron chi connectivity index (χ0n) is 13.6. The van der Waals surface area contributed by atoms with Crippen LogP contribution in [0.2, 0.25) is 0 Å². The summed E-state index contributed by atoms with van der Waals surface area (Å²) in [7, 11) is 0. The van der Waals surface area contributed by atoms with Crippen molar-refractivity contribution < 1.29 is 14.3 Å². The maximum absolute atomic E-state index is 12.4. The van der Waals surface area contributed by atoms with Gasteiger partial charge in [0.1, 0.15) is 6.61 Å². The number of H-pyrrole nitrogens is 1. The second-order valence-electron chi connectivity index (χ2n) is 6.23. The molecule has 1 aliphatic carbocycles. The summed E-state index contributed by atoms with van der Waals surface area (Å²) < 4.78 is 4.92. The van der Waals surface area contributed by atoms with E-state index in [2.05, 4.69) is 22.1 Å². The zero-order valence-corrected chi connectivity index (χ0v) is 13.6. The summed E-state index contributed by atoms with van der Waals surface area (Å²) in [4.78, 5) is 25.5. The lowest BCUT2D eigenvalue weighted by Crippen LogP contribution is -2.23. The van der Waals surface area contributed by atoms with Gasteiger partial charge in [0.15, 0.2) is 5.82 Å². The van der Waals surface area contributed by atoms with Crippen LogP contribution in [0.4, 0.5) is 16.3 Å². The van der Waals surface area contributed by atoms with E-state index in [1.807, 2.05) is 6.07 Å². The van der Waals surface area contributed by atoms with Crippen LogP contribution in [0.1, 0.15) is 30.0 Å². The number of rotatable bonds is 5. The number of hydrogen-bond acceptors (Lipinski definition) is 4. The molecular weight excluding hydrogens is 320 g/mol. The number of hydrogen-bond donors (Lipinski definition) is 2. The predicted molar refractivity (Wildman–Crippen MR) is 93.4 cm³/mol. The molecule has 2 N–H and O–H groups in total. The smallest absolute Gasteiger partial charge is 0.414 e. The van der Waals surface area contributed by atoms with E-state index in [1.165, 1.54) is 12.8 Å². The average Bonchev–Trinajstić information content (AvgIpc) is 3.22. The Kier molecular flexibility index (Phi) is 3.76. The van der Waals surface area contributed by atoms with Gasteiger partial charge >= 0.3 is 6.09 Å². The van der Waals surface area contributed by atoms with Crippen molar-refractivity contribution in [3.8, 4) is 0 Å². The molecule has 1 aromatic heterocycles. The van der Waals surface area contributed by atoms with Crippen molar-refractivity contribution in [1.29, 1.82) is 0 Å². The molecule has 0 atom stereocenters. The molecule has 0 unspecified atom stereocenters. The van der Waals surface area contributed by atoms with Gasteiger partial charge in [-0.3, -0.25) is 14.8 Å². The molecule has 7 heteroatoms. The third-order valence-corrected chi connectivity index (χ3v) is 4.42. The first kappa shape index (κ1) is 15.4. The summed E-state index contributed by atoms with van der Waals surface area (Å²) in [6.45, 7) is 4.78. The van der Waals surface area contributed by atoms with Crippen molar-refractivity contribution in [2.24, 2.45) is 0 Å². The van der Waals surface area contributed by atoms with Gasteiger partial charge in [0.2, 0.25) is 0 Å². The van der Waals surface area contributed by atoms with Gasteiger partial charge in [0, 0.05) is 28.9 Å². The first-order valence-electron chi connectivity index (χ1n) is 8.22. The third kappa shape index (κ3) is 3.13. The van der Waals surface area contributed by atoms with Crippen molar-refractivity contribution in [3.63, 3.8) is 0 Å². The van der Waals surface area contributed by atoms with E-state index in [0.29, 0.717) is 36.0 Å². The van der Waals surface area contributed by atoms with Crippen LogP contribution in [0.3, 0.4) is 0 Å². The zero-order chi connectivity index (χ0) is 17.4. The van der Waals surface area contributed by atoms with Crippen molar-refractivity contribution >= 4 is 29.1 Å². The number of ether oxygens (including phenoxy) is 1. The van der Waals surface area contributed by atoms with Crippen LogP contribution in [-0.2, 0) is 9.53 Å². The van der Waals surface area contributed by atoms with E-state index in [0.717, 1.165) is 11.4 Å². The van der Waals surface area contributed by atoms with Crippen LogP contribution in [0.15, 0.2) is 36.9 Å². The van der Waals surface area contributed by atoms with Crippen LogP contribution in [-0.4, -0.2) is 35.3 Å². The summed E-state index contributed by atoms with van der Waals surface area (Å²) in [6, 6.07) is 8.96. The Morgan fingerprint density at radius 1 is 1.32 bits per heavy atom. The molecule has 1 saturated heterocycles. The van der Waals surface area contributed by atoms with Crippen molar-refractivity contribution in [2.45, 2.75) is 18.8 Å². The monoisotopic (exact) mass is 338 g/mol. The van der Waals surface area contributed by atoms with E-state index in [-0.39, 0.29) is 12.0 Å². The minimum atomic E-state index is -0.352. The highest BCUT2D eigenvalue weighted by Gasteiger charge is 2.26.